The molecule has 2 amide bonds. The number of carbonyl (C=O) groups is 2. The second-order valence-corrected chi connectivity index (χ2v) is 7.65. The van der Waals surface area contributed by atoms with Crippen molar-refractivity contribution in [2.24, 2.45) is 0 Å². The molecule has 0 fully saturated rings. The van der Waals surface area contributed by atoms with Crippen LogP contribution in [0.2, 0.25) is 0 Å². The molecule has 27 heavy (non-hydrogen) atoms. The Labute approximate surface area is 157 Å². The molecule has 1 aliphatic rings. The number of nitrogens with one attached hydrogen (secondary N) is 3. The third kappa shape index (κ3) is 4.63. The summed E-state index contributed by atoms with van der Waals surface area (Å²) in [4.78, 5) is 23.2. The van der Waals surface area contributed by atoms with Crippen LogP contribution in [0.25, 0.3) is 0 Å². The quantitative estimate of drug-likeness (QED) is 0.653. The van der Waals surface area contributed by atoms with Gasteiger partial charge in [-0.25, -0.2) is 13.1 Å². The van der Waals surface area contributed by atoms with E-state index in [2.05, 4.69) is 15.4 Å². The van der Waals surface area contributed by atoms with Gasteiger partial charge in [-0.1, -0.05) is 12.1 Å². The van der Waals surface area contributed by atoms with Crippen LogP contribution in [-0.4, -0.2) is 26.8 Å². The lowest BCUT2D eigenvalue weighted by molar-refractivity contribution is -0.123. The lowest BCUT2D eigenvalue weighted by Gasteiger charge is -2.11. The summed E-state index contributed by atoms with van der Waals surface area (Å²) < 4.78 is 33.0. The van der Waals surface area contributed by atoms with Crippen LogP contribution in [0.1, 0.15) is 18.9 Å². The van der Waals surface area contributed by atoms with Gasteiger partial charge in [-0.15, -0.1) is 0 Å². The molecule has 0 saturated carbocycles. The Morgan fingerprint density at radius 1 is 1.00 bits per heavy atom. The number of carbonyl (C=O) groups excluding carboxylic acids is 2. The fourth-order valence-electron chi connectivity index (χ4n) is 2.57. The summed E-state index contributed by atoms with van der Waals surface area (Å²) in [5.41, 5.74) is 1.38. The molecule has 0 aliphatic carbocycles. The Morgan fingerprint density at radius 3 is 2.33 bits per heavy atom. The zero-order chi connectivity index (χ0) is 19.4. The van der Waals surface area contributed by atoms with E-state index < -0.39 is 21.8 Å². The Bertz CT molecular complexity index is 971. The van der Waals surface area contributed by atoms with E-state index >= 15 is 0 Å². The molecule has 0 atom stereocenters. The number of benzene rings is 2. The van der Waals surface area contributed by atoms with Crippen molar-refractivity contribution in [1.82, 2.24) is 4.72 Å². The minimum absolute atomic E-state index is 0.0105. The summed E-state index contributed by atoms with van der Waals surface area (Å²) in [6.07, 6.45) is -0.313. The average molecular weight is 389 g/mol. The van der Waals surface area contributed by atoms with Gasteiger partial charge in [-0.05, 0) is 42.8 Å². The first kappa shape index (κ1) is 18.9. The van der Waals surface area contributed by atoms with E-state index in [1.54, 1.807) is 24.3 Å². The summed E-state index contributed by atoms with van der Waals surface area (Å²) in [7, 11) is -3.80. The predicted octanol–water partition coefficient (Wildman–Crippen LogP) is 1.84. The van der Waals surface area contributed by atoms with Crippen molar-refractivity contribution < 1.29 is 22.7 Å². The fourth-order valence-corrected chi connectivity index (χ4v) is 3.61. The minimum atomic E-state index is -3.80. The van der Waals surface area contributed by atoms with Crippen molar-refractivity contribution in [3.8, 4) is 5.75 Å². The maximum absolute atomic E-state index is 12.6. The Hall–Kier alpha value is -2.91. The SMILES string of the molecule is CCOc1ccc(CNS(=O)(=O)c2ccc3c(c2)NC(=O)CC(=O)N3)cc1. The van der Waals surface area contributed by atoms with Crippen molar-refractivity contribution in [3.05, 3.63) is 48.0 Å². The molecule has 0 radical (unpaired) electrons. The summed E-state index contributed by atoms with van der Waals surface area (Å²) in [5, 5.41) is 5.08. The summed E-state index contributed by atoms with van der Waals surface area (Å²) >= 11 is 0. The van der Waals surface area contributed by atoms with Gasteiger partial charge in [0.1, 0.15) is 12.2 Å². The zero-order valence-corrected chi connectivity index (χ0v) is 15.4. The molecular weight excluding hydrogens is 370 g/mol. The number of rotatable bonds is 6. The number of hydrogen-bond donors (Lipinski definition) is 3. The zero-order valence-electron chi connectivity index (χ0n) is 14.6. The third-order valence-corrected chi connectivity index (χ3v) is 5.27. The first-order valence-electron chi connectivity index (χ1n) is 8.32. The highest BCUT2D eigenvalue weighted by atomic mass is 32.2. The first-order valence-corrected chi connectivity index (χ1v) is 9.81. The van der Waals surface area contributed by atoms with Crippen molar-refractivity contribution in [1.29, 1.82) is 0 Å². The van der Waals surface area contributed by atoms with Gasteiger partial charge in [0, 0.05) is 6.54 Å². The van der Waals surface area contributed by atoms with Crippen LogP contribution < -0.4 is 20.1 Å². The lowest BCUT2D eigenvalue weighted by atomic mass is 10.2. The van der Waals surface area contributed by atoms with E-state index in [4.69, 9.17) is 4.74 Å². The summed E-state index contributed by atoms with van der Waals surface area (Å²) in [6.45, 7) is 2.55. The average Bonchev–Trinajstić information content (AvgIpc) is 2.77. The van der Waals surface area contributed by atoms with E-state index in [0.717, 1.165) is 5.56 Å². The molecule has 2 aromatic carbocycles. The molecule has 0 unspecified atom stereocenters. The van der Waals surface area contributed by atoms with Crippen molar-refractivity contribution in [2.45, 2.75) is 24.8 Å². The molecule has 142 valence electrons. The smallest absolute Gasteiger partial charge is 0.240 e. The molecule has 0 saturated heterocycles. The lowest BCUT2D eigenvalue weighted by Crippen LogP contribution is -2.23. The molecular formula is C18H19N3O5S. The van der Waals surface area contributed by atoms with Crippen LogP contribution in [0, 0.1) is 0 Å². The monoisotopic (exact) mass is 389 g/mol. The first-order chi connectivity index (χ1) is 12.9. The number of amides is 2. The maximum atomic E-state index is 12.6. The van der Waals surface area contributed by atoms with Crippen LogP contribution in [0.3, 0.4) is 0 Å². The van der Waals surface area contributed by atoms with Gasteiger partial charge in [0.25, 0.3) is 0 Å². The molecule has 3 N–H and O–H groups in total. The number of hydrogen-bond acceptors (Lipinski definition) is 5. The van der Waals surface area contributed by atoms with Crippen LogP contribution in [0.15, 0.2) is 47.4 Å². The van der Waals surface area contributed by atoms with Crippen LogP contribution in [0.4, 0.5) is 11.4 Å². The number of ether oxygens (including phenoxy) is 1. The van der Waals surface area contributed by atoms with Crippen molar-refractivity contribution in [2.75, 3.05) is 17.2 Å². The summed E-state index contributed by atoms with van der Waals surface area (Å²) in [6, 6.07) is 11.2. The molecule has 8 nitrogen and oxygen atoms in total. The Balaban J connectivity index is 1.75. The highest BCUT2D eigenvalue weighted by molar-refractivity contribution is 7.89. The van der Waals surface area contributed by atoms with Gasteiger partial charge in [-0.2, -0.15) is 0 Å². The van der Waals surface area contributed by atoms with Gasteiger partial charge in [-0.3, -0.25) is 9.59 Å². The molecule has 3 rings (SSSR count). The molecule has 1 aliphatic heterocycles. The topological polar surface area (TPSA) is 114 Å². The largest absolute Gasteiger partial charge is 0.494 e. The molecule has 0 spiro atoms. The second-order valence-electron chi connectivity index (χ2n) is 5.88. The van der Waals surface area contributed by atoms with Gasteiger partial charge < -0.3 is 15.4 Å². The number of anilines is 2. The highest BCUT2D eigenvalue weighted by Crippen LogP contribution is 2.27. The van der Waals surface area contributed by atoms with Gasteiger partial charge in [0.15, 0.2) is 0 Å². The predicted molar refractivity (Wildman–Crippen MR) is 100.0 cm³/mol. The number of fused-ring (bicyclic) bond motifs is 1. The van der Waals surface area contributed by atoms with Gasteiger partial charge in [0.2, 0.25) is 21.8 Å². The molecule has 1 heterocycles. The Morgan fingerprint density at radius 2 is 1.67 bits per heavy atom. The molecule has 0 aromatic heterocycles. The minimum Gasteiger partial charge on any atom is -0.494 e. The van der Waals surface area contributed by atoms with Crippen LogP contribution >= 0.6 is 0 Å². The van der Waals surface area contributed by atoms with Gasteiger partial charge in [0.05, 0.1) is 22.9 Å². The van der Waals surface area contributed by atoms with E-state index in [9.17, 15) is 18.0 Å². The van der Waals surface area contributed by atoms with E-state index in [1.807, 2.05) is 6.92 Å². The molecule has 0 bridgehead atoms. The van der Waals surface area contributed by atoms with E-state index in [0.29, 0.717) is 18.0 Å². The normalized spacial score (nSPS) is 14.0. The second kappa shape index (κ2) is 7.77. The molecule has 9 heteroatoms. The Kier molecular flexibility index (Phi) is 5.43. The van der Waals surface area contributed by atoms with E-state index in [1.165, 1.54) is 18.2 Å². The number of sulfonamides is 1. The summed E-state index contributed by atoms with van der Waals surface area (Å²) in [5.74, 6) is -0.230. The van der Waals surface area contributed by atoms with Crippen molar-refractivity contribution >= 4 is 33.2 Å². The fraction of sp³-hybridized carbons (Fsp3) is 0.222. The van der Waals surface area contributed by atoms with Crippen LogP contribution in [-0.2, 0) is 26.2 Å². The maximum Gasteiger partial charge on any atom is 0.240 e. The molecule has 2 aromatic rings. The third-order valence-electron chi connectivity index (χ3n) is 3.87. The van der Waals surface area contributed by atoms with E-state index in [-0.39, 0.29) is 23.5 Å². The highest BCUT2D eigenvalue weighted by Gasteiger charge is 2.21. The van der Waals surface area contributed by atoms with Gasteiger partial charge >= 0.3 is 0 Å². The van der Waals surface area contributed by atoms with Crippen LogP contribution in [0.5, 0.6) is 5.75 Å². The standard InChI is InChI=1S/C18H19N3O5S/c1-2-26-13-5-3-12(4-6-13)11-19-27(24,25)14-7-8-15-16(9-14)21-18(23)10-17(22)20-15/h3-9,19H,2,10-11H2,1H3,(H,20,22)(H,21,23). The van der Waals surface area contributed by atoms with Crippen molar-refractivity contribution in [3.63, 3.8) is 0 Å².